The molecule has 0 spiro atoms. The van der Waals surface area contributed by atoms with Crippen molar-refractivity contribution >= 4 is 23.1 Å². The summed E-state index contributed by atoms with van der Waals surface area (Å²) >= 11 is 0. The minimum Gasteiger partial charge on any atom is -0.340 e. The van der Waals surface area contributed by atoms with Crippen molar-refractivity contribution in [2.24, 2.45) is 0 Å². The van der Waals surface area contributed by atoms with E-state index in [9.17, 15) is 4.79 Å². The molecule has 20 heavy (non-hydrogen) atoms. The zero-order chi connectivity index (χ0) is 14.5. The third-order valence-corrected chi connectivity index (χ3v) is 3.15. The molecular formula is C16H19N3O. The SMILES string of the molecule is CCC(=O)Nc1ccc(Nc2ccc(C)c(C)c2)nc1. The molecule has 1 amide bonds. The van der Waals surface area contributed by atoms with E-state index in [4.69, 9.17) is 0 Å². The molecule has 1 heterocycles. The van der Waals surface area contributed by atoms with Crippen molar-refractivity contribution in [3.05, 3.63) is 47.7 Å². The molecule has 1 aromatic carbocycles. The molecule has 4 nitrogen and oxygen atoms in total. The van der Waals surface area contributed by atoms with Crippen LogP contribution in [0, 0.1) is 13.8 Å². The van der Waals surface area contributed by atoms with Crippen LogP contribution in [0.4, 0.5) is 17.2 Å². The number of carbonyl (C=O) groups is 1. The van der Waals surface area contributed by atoms with Crippen molar-refractivity contribution in [2.45, 2.75) is 27.2 Å². The third-order valence-electron chi connectivity index (χ3n) is 3.15. The second kappa shape index (κ2) is 6.19. The standard InChI is InChI=1S/C16H19N3O/c1-4-16(20)19-14-7-8-15(17-10-14)18-13-6-5-11(2)12(3)9-13/h5-10H,4H2,1-3H3,(H,17,18)(H,19,20). The minimum atomic E-state index is -0.0123. The molecule has 2 aromatic rings. The predicted molar refractivity (Wildman–Crippen MR) is 82.4 cm³/mol. The van der Waals surface area contributed by atoms with Crippen LogP contribution < -0.4 is 10.6 Å². The first kappa shape index (κ1) is 14.1. The normalized spacial score (nSPS) is 10.2. The zero-order valence-corrected chi connectivity index (χ0v) is 12.0. The number of amides is 1. The van der Waals surface area contributed by atoms with Crippen LogP contribution in [0.2, 0.25) is 0 Å². The molecule has 0 atom stereocenters. The van der Waals surface area contributed by atoms with Crippen LogP contribution in [-0.2, 0) is 4.79 Å². The number of rotatable bonds is 4. The molecule has 0 bridgehead atoms. The molecule has 0 aliphatic heterocycles. The summed E-state index contributed by atoms with van der Waals surface area (Å²) in [5.74, 6) is 0.740. The highest BCUT2D eigenvalue weighted by molar-refractivity contribution is 5.90. The van der Waals surface area contributed by atoms with E-state index < -0.39 is 0 Å². The number of aryl methyl sites for hydroxylation is 2. The molecular weight excluding hydrogens is 250 g/mol. The van der Waals surface area contributed by atoms with Gasteiger partial charge in [-0.05, 0) is 49.2 Å². The molecule has 0 fully saturated rings. The number of hydrogen-bond acceptors (Lipinski definition) is 3. The Morgan fingerprint density at radius 2 is 1.85 bits per heavy atom. The Morgan fingerprint density at radius 3 is 2.45 bits per heavy atom. The van der Waals surface area contributed by atoms with Crippen molar-refractivity contribution in [2.75, 3.05) is 10.6 Å². The van der Waals surface area contributed by atoms with E-state index in [-0.39, 0.29) is 5.91 Å². The summed E-state index contributed by atoms with van der Waals surface area (Å²) in [6.45, 7) is 5.98. The zero-order valence-electron chi connectivity index (χ0n) is 12.0. The van der Waals surface area contributed by atoms with Crippen LogP contribution in [0.25, 0.3) is 0 Å². The fraction of sp³-hybridized carbons (Fsp3) is 0.250. The molecule has 0 radical (unpaired) electrons. The Balaban J connectivity index is 2.06. The number of nitrogens with zero attached hydrogens (tertiary/aromatic N) is 1. The molecule has 1 aromatic heterocycles. The van der Waals surface area contributed by atoms with Crippen molar-refractivity contribution in [3.63, 3.8) is 0 Å². The van der Waals surface area contributed by atoms with Crippen LogP contribution in [0.5, 0.6) is 0 Å². The van der Waals surface area contributed by atoms with E-state index in [0.717, 1.165) is 11.5 Å². The number of nitrogens with one attached hydrogen (secondary N) is 2. The lowest BCUT2D eigenvalue weighted by molar-refractivity contribution is -0.115. The average molecular weight is 269 g/mol. The van der Waals surface area contributed by atoms with Gasteiger partial charge in [-0.15, -0.1) is 0 Å². The predicted octanol–water partition coefficient (Wildman–Crippen LogP) is 3.79. The summed E-state index contributed by atoms with van der Waals surface area (Å²) in [5, 5.41) is 6.01. The maximum atomic E-state index is 11.3. The fourth-order valence-corrected chi connectivity index (χ4v) is 1.76. The fourth-order valence-electron chi connectivity index (χ4n) is 1.76. The monoisotopic (exact) mass is 269 g/mol. The molecule has 0 aliphatic carbocycles. The summed E-state index contributed by atoms with van der Waals surface area (Å²) in [6.07, 6.45) is 2.11. The van der Waals surface area contributed by atoms with Gasteiger partial charge in [0.2, 0.25) is 5.91 Å². The van der Waals surface area contributed by atoms with E-state index in [2.05, 4.69) is 41.6 Å². The maximum absolute atomic E-state index is 11.3. The average Bonchev–Trinajstić information content (AvgIpc) is 2.45. The molecule has 2 rings (SSSR count). The van der Waals surface area contributed by atoms with Crippen LogP contribution in [0.1, 0.15) is 24.5 Å². The number of hydrogen-bond donors (Lipinski definition) is 2. The van der Waals surface area contributed by atoms with Crippen molar-refractivity contribution in [1.29, 1.82) is 0 Å². The van der Waals surface area contributed by atoms with Crippen LogP contribution in [0.3, 0.4) is 0 Å². The number of benzene rings is 1. The highest BCUT2D eigenvalue weighted by atomic mass is 16.1. The molecule has 0 unspecified atom stereocenters. The van der Waals surface area contributed by atoms with E-state index >= 15 is 0 Å². The summed E-state index contributed by atoms with van der Waals surface area (Å²) in [5.41, 5.74) is 4.22. The van der Waals surface area contributed by atoms with Gasteiger partial charge in [0.15, 0.2) is 0 Å². The van der Waals surface area contributed by atoms with Crippen LogP contribution in [0.15, 0.2) is 36.5 Å². The largest absolute Gasteiger partial charge is 0.340 e. The lowest BCUT2D eigenvalue weighted by atomic mass is 10.1. The molecule has 104 valence electrons. The van der Waals surface area contributed by atoms with E-state index in [0.29, 0.717) is 12.1 Å². The van der Waals surface area contributed by atoms with E-state index in [1.807, 2.05) is 25.1 Å². The van der Waals surface area contributed by atoms with Gasteiger partial charge in [-0.25, -0.2) is 4.98 Å². The number of pyridine rings is 1. The van der Waals surface area contributed by atoms with Crippen molar-refractivity contribution in [3.8, 4) is 0 Å². The van der Waals surface area contributed by atoms with Crippen molar-refractivity contribution in [1.82, 2.24) is 4.98 Å². The third kappa shape index (κ3) is 3.57. The highest BCUT2D eigenvalue weighted by Crippen LogP contribution is 2.19. The van der Waals surface area contributed by atoms with Gasteiger partial charge in [-0.2, -0.15) is 0 Å². The number of anilines is 3. The Hall–Kier alpha value is -2.36. The maximum Gasteiger partial charge on any atom is 0.224 e. The topological polar surface area (TPSA) is 54.0 Å². The molecule has 0 saturated carbocycles. The number of aromatic nitrogens is 1. The molecule has 0 aliphatic rings. The summed E-state index contributed by atoms with van der Waals surface area (Å²) < 4.78 is 0. The van der Waals surface area contributed by atoms with Gasteiger partial charge in [0, 0.05) is 12.1 Å². The second-order valence-electron chi connectivity index (χ2n) is 4.76. The first-order valence-electron chi connectivity index (χ1n) is 6.68. The number of carbonyl (C=O) groups excluding carboxylic acids is 1. The molecule has 2 N–H and O–H groups in total. The van der Waals surface area contributed by atoms with E-state index in [1.54, 1.807) is 6.20 Å². The molecule has 0 saturated heterocycles. The van der Waals surface area contributed by atoms with Crippen LogP contribution in [-0.4, -0.2) is 10.9 Å². The first-order chi connectivity index (χ1) is 9.58. The van der Waals surface area contributed by atoms with Gasteiger partial charge in [-0.1, -0.05) is 13.0 Å². The second-order valence-corrected chi connectivity index (χ2v) is 4.76. The lowest BCUT2D eigenvalue weighted by Crippen LogP contribution is -2.09. The Morgan fingerprint density at radius 1 is 1.10 bits per heavy atom. The van der Waals surface area contributed by atoms with Gasteiger partial charge >= 0.3 is 0 Å². The van der Waals surface area contributed by atoms with Crippen molar-refractivity contribution < 1.29 is 4.79 Å². The van der Waals surface area contributed by atoms with Crippen LogP contribution >= 0.6 is 0 Å². The summed E-state index contributed by atoms with van der Waals surface area (Å²) in [4.78, 5) is 15.6. The summed E-state index contributed by atoms with van der Waals surface area (Å²) in [7, 11) is 0. The first-order valence-corrected chi connectivity index (χ1v) is 6.68. The van der Waals surface area contributed by atoms with Gasteiger partial charge < -0.3 is 10.6 Å². The highest BCUT2D eigenvalue weighted by Gasteiger charge is 2.01. The van der Waals surface area contributed by atoms with Gasteiger partial charge in [-0.3, -0.25) is 4.79 Å². The van der Waals surface area contributed by atoms with Gasteiger partial charge in [0.1, 0.15) is 5.82 Å². The quantitative estimate of drug-likeness (QED) is 0.887. The van der Waals surface area contributed by atoms with E-state index in [1.165, 1.54) is 11.1 Å². The van der Waals surface area contributed by atoms with Gasteiger partial charge in [0.25, 0.3) is 0 Å². The Kier molecular flexibility index (Phi) is 4.35. The lowest BCUT2D eigenvalue weighted by Gasteiger charge is -2.09. The van der Waals surface area contributed by atoms with Gasteiger partial charge in [0.05, 0.1) is 11.9 Å². The Labute approximate surface area is 119 Å². The smallest absolute Gasteiger partial charge is 0.224 e. The molecule has 4 heteroatoms. The Bertz CT molecular complexity index is 606. The summed E-state index contributed by atoms with van der Waals surface area (Å²) in [6, 6.07) is 9.87. The minimum absolute atomic E-state index is 0.0123.